The molecule has 1 aromatic carbocycles. The zero-order valence-electron chi connectivity index (χ0n) is 15.3. The van der Waals surface area contributed by atoms with Gasteiger partial charge in [0.1, 0.15) is 12.6 Å². The molecule has 2 atom stereocenters. The van der Waals surface area contributed by atoms with Crippen molar-refractivity contribution in [3.63, 3.8) is 0 Å². The average Bonchev–Trinajstić information content (AvgIpc) is 3.01. The van der Waals surface area contributed by atoms with E-state index < -0.39 is 17.1 Å². The number of benzene rings is 1. The van der Waals surface area contributed by atoms with Crippen molar-refractivity contribution in [1.29, 1.82) is 0 Å². The maximum absolute atomic E-state index is 12.4. The zero-order valence-corrected chi connectivity index (χ0v) is 16.2. The summed E-state index contributed by atoms with van der Waals surface area (Å²) in [6, 6.07) is 5.15. The molecule has 1 heterocycles. The number of rotatable bonds is 7. The third-order valence-electron chi connectivity index (χ3n) is 4.18. The van der Waals surface area contributed by atoms with E-state index in [0.717, 1.165) is 0 Å². The Labute approximate surface area is 163 Å². The number of likely N-dealkylation sites (N-methyl/N-ethyl adjacent to an activating group) is 1. The summed E-state index contributed by atoms with van der Waals surface area (Å²) in [6.07, 6.45) is -0.138. The fraction of sp³-hybridized carbons (Fsp3) is 0.529. The van der Waals surface area contributed by atoms with E-state index in [9.17, 15) is 19.7 Å². The third kappa shape index (κ3) is 6.10. The molecule has 148 valence electrons. The van der Waals surface area contributed by atoms with E-state index in [4.69, 9.17) is 4.74 Å². The third-order valence-corrected chi connectivity index (χ3v) is 4.56. The SMILES string of the molecule is CN(C)CCNC(=O)C1C[C@H](S)CN1C(=O)OCc1ccc([N+](=O)[O-])cc1. The van der Waals surface area contributed by atoms with Gasteiger partial charge in [-0.1, -0.05) is 0 Å². The maximum Gasteiger partial charge on any atom is 0.410 e. The number of nitro groups is 1. The van der Waals surface area contributed by atoms with Crippen LogP contribution in [0.4, 0.5) is 10.5 Å². The average molecular weight is 396 g/mol. The summed E-state index contributed by atoms with van der Waals surface area (Å²) in [7, 11) is 3.82. The van der Waals surface area contributed by atoms with Crippen LogP contribution in [-0.4, -0.2) is 71.7 Å². The van der Waals surface area contributed by atoms with Crippen molar-refractivity contribution in [3.8, 4) is 0 Å². The fourth-order valence-electron chi connectivity index (χ4n) is 2.73. The summed E-state index contributed by atoms with van der Waals surface area (Å²) in [5.41, 5.74) is 0.597. The molecule has 10 heteroatoms. The van der Waals surface area contributed by atoms with Crippen LogP contribution in [-0.2, 0) is 16.1 Å². The van der Waals surface area contributed by atoms with Gasteiger partial charge in [0.2, 0.25) is 5.91 Å². The quantitative estimate of drug-likeness (QED) is 0.409. The molecule has 1 aromatic rings. The van der Waals surface area contributed by atoms with Gasteiger partial charge in [0.25, 0.3) is 5.69 Å². The van der Waals surface area contributed by atoms with Crippen molar-refractivity contribution in [2.45, 2.75) is 24.3 Å². The van der Waals surface area contributed by atoms with Gasteiger partial charge in [0, 0.05) is 37.0 Å². The first-order chi connectivity index (χ1) is 12.8. The van der Waals surface area contributed by atoms with Gasteiger partial charge in [-0.15, -0.1) is 0 Å². The predicted molar refractivity (Wildman–Crippen MR) is 103 cm³/mol. The molecule has 0 saturated carbocycles. The molecule has 0 radical (unpaired) electrons. The Morgan fingerprint density at radius 3 is 2.63 bits per heavy atom. The number of nitrogens with one attached hydrogen (secondary N) is 1. The number of nitrogens with zero attached hydrogens (tertiary/aromatic N) is 3. The number of ether oxygens (including phenoxy) is 1. The second-order valence-corrected chi connectivity index (χ2v) is 7.36. The normalized spacial score (nSPS) is 19.2. The number of nitro benzene ring substituents is 1. The number of carbonyl (C=O) groups is 2. The van der Waals surface area contributed by atoms with Gasteiger partial charge in [-0.2, -0.15) is 12.6 Å². The van der Waals surface area contributed by atoms with Crippen LogP contribution in [0, 0.1) is 10.1 Å². The highest BCUT2D eigenvalue weighted by Crippen LogP contribution is 2.23. The summed E-state index contributed by atoms with van der Waals surface area (Å²) >= 11 is 4.39. The monoisotopic (exact) mass is 396 g/mol. The van der Waals surface area contributed by atoms with Gasteiger partial charge in [0.15, 0.2) is 0 Å². The summed E-state index contributed by atoms with van der Waals surface area (Å²) in [4.78, 5) is 38.3. The van der Waals surface area contributed by atoms with Gasteiger partial charge < -0.3 is 15.0 Å². The van der Waals surface area contributed by atoms with Crippen molar-refractivity contribution < 1.29 is 19.2 Å². The van der Waals surface area contributed by atoms with E-state index in [1.54, 1.807) is 0 Å². The van der Waals surface area contributed by atoms with Crippen LogP contribution in [0.2, 0.25) is 0 Å². The van der Waals surface area contributed by atoms with Gasteiger partial charge >= 0.3 is 6.09 Å². The molecular weight excluding hydrogens is 372 g/mol. The molecule has 1 unspecified atom stereocenters. The van der Waals surface area contributed by atoms with Crippen LogP contribution >= 0.6 is 12.6 Å². The van der Waals surface area contributed by atoms with Gasteiger partial charge in [0.05, 0.1) is 4.92 Å². The first kappa shape index (κ1) is 21.0. The standard InChI is InChI=1S/C17H24N4O5S/c1-19(2)8-7-18-16(22)15-9-14(27)10-20(15)17(23)26-11-12-3-5-13(6-4-12)21(24)25/h3-6,14-15,27H,7-11H2,1-2H3,(H,18,22)/t14-,15?/m0/s1. The van der Waals surface area contributed by atoms with Crippen LogP contribution in [0.3, 0.4) is 0 Å². The van der Waals surface area contributed by atoms with E-state index in [1.165, 1.54) is 29.2 Å². The minimum Gasteiger partial charge on any atom is -0.445 e. The molecule has 1 aliphatic rings. The second kappa shape index (κ2) is 9.56. The lowest BCUT2D eigenvalue weighted by Gasteiger charge is -2.23. The molecule has 27 heavy (non-hydrogen) atoms. The number of carbonyl (C=O) groups excluding carboxylic acids is 2. The lowest BCUT2D eigenvalue weighted by molar-refractivity contribution is -0.384. The van der Waals surface area contributed by atoms with Gasteiger partial charge in [-0.05, 0) is 38.2 Å². The molecule has 2 amide bonds. The molecule has 1 N–H and O–H groups in total. The summed E-state index contributed by atoms with van der Waals surface area (Å²) in [6.45, 7) is 1.49. The largest absolute Gasteiger partial charge is 0.445 e. The summed E-state index contributed by atoms with van der Waals surface area (Å²) in [5.74, 6) is -0.222. The molecule has 1 fully saturated rings. The van der Waals surface area contributed by atoms with E-state index >= 15 is 0 Å². The Morgan fingerprint density at radius 2 is 2.04 bits per heavy atom. The molecule has 0 aromatic heterocycles. The Morgan fingerprint density at radius 1 is 1.37 bits per heavy atom. The van der Waals surface area contributed by atoms with E-state index in [-0.39, 0.29) is 23.5 Å². The Balaban J connectivity index is 1.90. The smallest absolute Gasteiger partial charge is 0.410 e. The molecule has 1 aliphatic heterocycles. The molecule has 0 aliphatic carbocycles. The van der Waals surface area contributed by atoms with E-state index in [1.807, 2.05) is 19.0 Å². The molecule has 9 nitrogen and oxygen atoms in total. The predicted octanol–water partition coefficient (Wildman–Crippen LogP) is 1.28. The van der Waals surface area contributed by atoms with Crippen LogP contribution in [0.1, 0.15) is 12.0 Å². The first-order valence-electron chi connectivity index (χ1n) is 8.55. The lowest BCUT2D eigenvalue weighted by atomic mass is 10.2. The lowest BCUT2D eigenvalue weighted by Crippen LogP contribution is -2.47. The number of non-ortho nitro benzene ring substituents is 1. The summed E-state index contributed by atoms with van der Waals surface area (Å²) < 4.78 is 5.28. The fourth-order valence-corrected chi connectivity index (χ4v) is 3.10. The van der Waals surface area contributed by atoms with Crippen molar-refractivity contribution in [1.82, 2.24) is 15.1 Å². The van der Waals surface area contributed by atoms with Crippen molar-refractivity contribution >= 4 is 30.3 Å². The summed E-state index contributed by atoms with van der Waals surface area (Å²) in [5, 5.41) is 13.4. The molecule has 0 bridgehead atoms. The van der Waals surface area contributed by atoms with Crippen LogP contribution in [0.15, 0.2) is 24.3 Å². The number of amides is 2. The van der Waals surface area contributed by atoms with Crippen molar-refractivity contribution in [3.05, 3.63) is 39.9 Å². The highest BCUT2D eigenvalue weighted by Gasteiger charge is 2.39. The van der Waals surface area contributed by atoms with Crippen molar-refractivity contribution in [2.24, 2.45) is 0 Å². The topological polar surface area (TPSA) is 105 Å². The van der Waals surface area contributed by atoms with Crippen molar-refractivity contribution in [2.75, 3.05) is 33.7 Å². The van der Waals surface area contributed by atoms with E-state index in [0.29, 0.717) is 31.6 Å². The number of thiol groups is 1. The second-order valence-electron chi connectivity index (χ2n) is 6.63. The minimum atomic E-state index is -0.612. The molecule has 2 rings (SSSR count). The number of hydrogen-bond acceptors (Lipinski definition) is 7. The highest BCUT2D eigenvalue weighted by molar-refractivity contribution is 7.81. The zero-order chi connectivity index (χ0) is 20.0. The first-order valence-corrected chi connectivity index (χ1v) is 9.06. The van der Waals surface area contributed by atoms with Gasteiger partial charge in [-0.3, -0.25) is 19.8 Å². The minimum absolute atomic E-state index is 0.0282. The molecule has 1 saturated heterocycles. The Bertz CT molecular complexity index is 682. The molecule has 0 spiro atoms. The molecular formula is C17H24N4O5S. The van der Waals surface area contributed by atoms with Crippen LogP contribution in [0.25, 0.3) is 0 Å². The van der Waals surface area contributed by atoms with Crippen LogP contribution < -0.4 is 5.32 Å². The Hall–Kier alpha value is -2.33. The maximum atomic E-state index is 12.4. The Kier molecular flexibility index (Phi) is 7.43. The van der Waals surface area contributed by atoms with Crippen LogP contribution in [0.5, 0.6) is 0 Å². The number of hydrogen-bond donors (Lipinski definition) is 2. The highest BCUT2D eigenvalue weighted by atomic mass is 32.1. The van der Waals surface area contributed by atoms with Gasteiger partial charge in [-0.25, -0.2) is 4.79 Å². The van der Waals surface area contributed by atoms with E-state index in [2.05, 4.69) is 17.9 Å². The number of likely N-dealkylation sites (tertiary alicyclic amines) is 1.